The minimum atomic E-state index is -0.522. The van der Waals surface area contributed by atoms with Crippen molar-refractivity contribution < 1.29 is 4.79 Å². The molecule has 90 valence electrons. The Morgan fingerprint density at radius 2 is 2.22 bits per heavy atom. The largest absolute Gasteiger partial charge is 0.363 e. The maximum absolute atomic E-state index is 11.2. The van der Waals surface area contributed by atoms with E-state index >= 15 is 0 Å². The quantitative estimate of drug-likeness (QED) is 0.714. The van der Waals surface area contributed by atoms with Gasteiger partial charge in [0.1, 0.15) is 0 Å². The van der Waals surface area contributed by atoms with Gasteiger partial charge in [0.2, 0.25) is 0 Å². The van der Waals surface area contributed by atoms with E-state index in [-0.39, 0.29) is 5.82 Å². The van der Waals surface area contributed by atoms with Crippen LogP contribution in [0.3, 0.4) is 0 Å². The first-order valence-corrected chi connectivity index (χ1v) is 5.56. The molecule has 0 aliphatic rings. The molecular weight excluding hydrogens is 228 g/mol. The third-order valence-corrected chi connectivity index (χ3v) is 2.95. The molecule has 0 saturated carbocycles. The summed E-state index contributed by atoms with van der Waals surface area (Å²) in [5.74, 6) is -0.259. The van der Waals surface area contributed by atoms with Crippen molar-refractivity contribution in [2.75, 3.05) is 0 Å². The lowest BCUT2D eigenvalue weighted by Crippen LogP contribution is -2.16. The number of primary amides is 1. The number of fused-ring (bicyclic) bond motifs is 1. The maximum Gasteiger partial charge on any atom is 0.284 e. The second-order valence-electron chi connectivity index (χ2n) is 4.20. The minimum absolute atomic E-state index is 0.263. The minimum Gasteiger partial charge on any atom is -0.363 e. The van der Waals surface area contributed by atoms with Gasteiger partial charge in [-0.2, -0.15) is 0 Å². The van der Waals surface area contributed by atoms with Crippen LogP contribution in [0.1, 0.15) is 10.6 Å². The highest BCUT2D eigenvalue weighted by atomic mass is 16.1. The van der Waals surface area contributed by atoms with Crippen LogP contribution in [0, 0.1) is 0 Å². The summed E-state index contributed by atoms with van der Waals surface area (Å²) in [5.41, 5.74) is 8.03. The Bertz CT molecular complexity index is 738. The van der Waals surface area contributed by atoms with Gasteiger partial charge in [0.25, 0.3) is 5.91 Å². The zero-order chi connectivity index (χ0) is 12.7. The second-order valence-corrected chi connectivity index (χ2v) is 4.20. The summed E-state index contributed by atoms with van der Waals surface area (Å²) in [5, 5.41) is 1.11. The van der Waals surface area contributed by atoms with E-state index in [9.17, 15) is 4.79 Å². The molecule has 3 N–H and O–H groups in total. The fourth-order valence-electron chi connectivity index (χ4n) is 2.05. The van der Waals surface area contributed by atoms with Gasteiger partial charge in [-0.05, 0) is 18.2 Å². The topological polar surface area (TPSA) is 76.7 Å². The number of rotatable bonds is 2. The number of benzene rings is 1. The van der Waals surface area contributed by atoms with E-state index in [1.54, 1.807) is 17.8 Å². The lowest BCUT2D eigenvalue weighted by atomic mass is 10.1. The van der Waals surface area contributed by atoms with Crippen molar-refractivity contribution >= 4 is 16.8 Å². The number of imidazole rings is 1. The molecule has 0 saturated heterocycles. The van der Waals surface area contributed by atoms with Crippen molar-refractivity contribution in [3.63, 3.8) is 0 Å². The number of hydrogen-bond donors (Lipinski definition) is 2. The lowest BCUT2D eigenvalue weighted by Gasteiger charge is -1.96. The highest BCUT2D eigenvalue weighted by Crippen LogP contribution is 2.23. The SMILES string of the molecule is Cn1cc(-c2ccc3[nH]ccc3c2)nc1C(N)=O. The molecule has 1 aromatic carbocycles. The van der Waals surface area contributed by atoms with E-state index in [1.807, 2.05) is 30.5 Å². The third kappa shape index (κ3) is 1.57. The Morgan fingerprint density at radius 1 is 1.39 bits per heavy atom. The fourth-order valence-corrected chi connectivity index (χ4v) is 2.05. The number of H-pyrrole nitrogens is 1. The molecule has 3 aromatic rings. The van der Waals surface area contributed by atoms with Gasteiger partial charge in [-0.1, -0.05) is 6.07 Å². The summed E-state index contributed by atoms with van der Waals surface area (Å²) < 4.78 is 1.64. The molecule has 5 heteroatoms. The molecule has 1 amide bonds. The summed E-state index contributed by atoms with van der Waals surface area (Å²) in [4.78, 5) is 18.6. The van der Waals surface area contributed by atoms with Gasteiger partial charge in [-0.3, -0.25) is 4.79 Å². The molecular formula is C13H12N4O. The van der Waals surface area contributed by atoms with Crippen LogP contribution < -0.4 is 5.73 Å². The Kier molecular flexibility index (Phi) is 2.19. The van der Waals surface area contributed by atoms with Crippen LogP contribution in [0.25, 0.3) is 22.2 Å². The van der Waals surface area contributed by atoms with Crippen LogP contribution >= 0.6 is 0 Å². The third-order valence-electron chi connectivity index (χ3n) is 2.95. The zero-order valence-corrected chi connectivity index (χ0v) is 9.84. The van der Waals surface area contributed by atoms with Crippen molar-refractivity contribution in [1.82, 2.24) is 14.5 Å². The number of nitrogens with zero attached hydrogens (tertiary/aromatic N) is 2. The summed E-state index contributed by atoms with van der Waals surface area (Å²) in [6.45, 7) is 0. The lowest BCUT2D eigenvalue weighted by molar-refractivity contribution is 0.0987. The Morgan fingerprint density at radius 3 is 2.94 bits per heavy atom. The van der Waals surface area contributed by atoms with Gasteiger partial charge in [-0.15, -0.1) is 0 Å². The van der Waals surface area contributed by atoms with Gasteiger partial charge in [0.15, 0.2) is 5.82 Å². The van der Waals surface area contributed by atoms with E-state index in [0.717, 1.165) is 22.2 Å². The Labute approximate surface area is 103 Å². The van der Waals surface area contributed by atoms with Crippen LogP contribution in [-0.2, 0) is 7.05 Å². The smallest absolute Gasteiger partial charge is 0.284 e. The van der Waals surface area contributed by atoms with E-state index < -0.39 is 5.91 Å². The van der Waals surface area contributed by atoms with Crippen molar-refractivity contribution in [3.8, 4) is 11.3 Å². The summed E-state index contributed by atoms with van der Waals surface area (Å²) in [6, 6.07) is 7.98. The first-order chi connectivity index (χ1) is 8.65. The van der Waals surface area contributed by atoms with Crippen molar-refractivity contribution in [3.05, 3.63) is 42.5 Å². The number of aryl methyl sites for hydroxylation is 1. The zero-order valence-electron chi connectivity index (χ0n) is 9.84. The molecule has 2 heterocycles. The fraction of sp³-hybridized carbons (Fsp3) is 0.0769. The van der Waals surface area contributed by atoms with Crippen molar-refractivity contribution in [2.24, 2.45) is 12.8 Å². The highest BCUT2D eigenvalue weighted by Gasteiger charge is 2.11. The molecule has 0 spiro atoms. The van der Waals surface area contributed by atoms with Crippen LogP contribution in [0.5, 0.6) is 0 Å². The molecule has 18 heavy (non-hydrogen) atoms. The standard InChI is InChI=1S/C13H12N4O/c1-17-7-11(16-13(17)12(14)18)8-2-3-10-9(6-8)4-5-15-10/h2-7,15H,1H3,(H2,14,18). The van der Waals surface area contributed by atoms with Crippen molar-refractivity contribution in [2.45, 2.75) is 0 Å². The van der Waals surface area contributed by atoms with Crippen LogP contribution in [-0.4, -0.2) is 20.4 Å². The molecule has 0 unspecified atom stereocenters. The average molecular weight is 240 g/mol. The van der Waals surface area contributed by atoms with E-state index in [1.165, 1.54) is 0 Å². The molecule has 0 fully saturated rings. The summed E-state index contributed by atoms with van der Waals surface area (Å²) >= 11 is 0. The van der Waals surface area contributed by atoms with E-state index in [4.69, 9.17) is 5.73 Å². The van der Waals surface area contributed by atoms with Gasteiger partial charge >= 0.3 is 0 Å². The van der Waals surface area contributed by atoms with Crippen molar-refractivity contribution in [1.29, 1.82) is 0 Å². The number of aromatic nitrogens is 3. The van der Waals surface area contributed by atoms with Crippen LogP contribution in [0.2, 0.25) is 0 Å². The molecule has 5 nitrogen and oxygen atoms in total. The molecule has 2 aromatic heterocycles. The Balaban J connectivity index is 2.13. The predicted octanol–water partition coefficient (Wildman–Crippen LogP) is 1.67. The number of amides is 1. The number of nitrogens with two attached hydrogens (primary N) is 1. The number of carbonyl (C=O) groups excluding carboxylic acids is 1. The van der Waals surface area contributed by atoms with E-state index in [0.29, 0.717) is 0 Å². The molecule has 0 aliphatic carbocycles. The molecule has 3 rings (SSSR count). The number of aromatic amines is 1. The summed E-state index contributed by atoms with van der Waals surface area (Å²) in [6.07, 6.45) is 3.69. The molecule has 0 bridgehead atoms. The van der Waals surface area contributed by atoms with Crippen LogP contribution in [0.15, 0.2) is 36.7 Å². The predicted molar refractivity (Wildman–Crippen MR) is 69.0 cm³/mol. The van der Waals surface area contributed by atoms with Gasteiger partial charge in [0, 0.05) is 35.9 Å². The monoisotopic (exact) mass is 240 g/mol. The summed E-state index contributed by atoms with van der Waals surface area (Å²) in [7, 11) is 1.76. The normalized spacial score (nSPS) is 10.9. The molecule has 0 atom stereocenters. The first kappa shape index (κ1) is 10.6. The van der Waals surface area contributed by atoms with E-state index in [2.05, 4.69) is 9.97 Å². The van der Waals surface area contributed by atoms with Gasteiger partial charge < -0.3 is 15.3 Å². The molecule has 0 aliphatic heterocycles. The number of nitrogens with one attached hydrogen (secondary N) is 1. The van der Waals surface area contributed by atoms with Gasteiger partial charge in [-0.25, -0.2) is 4.98 Å². The number of carbonyl (C=O) groups is 1. The maximum atomic E-state index is 11.2. The first-order valence-electron chi connectivity index (χ1n) is 5.56. The van der Waals surface area contributed by atoms with Crippen LogP contribution in [0.4, 0.5) is 0 Å². The van der Waals surface area contributed by atoms with Gasteiger partial charge in [0.05, 0.1) is 5.69 Å². The second kappa shape index (κ2) is 3.73. The average Bonchev–Trinajstić information content (AvgIpc) is 2.93. The Hall–Kier alpha value is -2.56. The highest BCUT2D eigenvalue weighted by molar-refractivity contribution is 5.90. The molecule has 0 radical (unpaired) electrons. The number of hydrogen-bond acceptors (Lipinski definition) is 2.